The molecule has 0 saturated carbocycles. The molecule has 0 atom stereocenters. The minimum absolute atomic E-state index is 0. The summed E-state index contributed by atoms with van der Waals surface area (Å²) in [4.78, 5) is 7.34. The van der Waals surface area contributed by atoms with Crippen molar-refractivity contribution in [3.05, 3.63) is 278 Å². The molecule has 0 saturated heterocycles. The smallest absolute Gasteiger partial charge is 0.135 e. The number of anilines is 2. The van der Waals surface area contributed by atoms with E-state index >= 15 is 0 Å². The van der Waals surface area contributed by atoms with Crippen molar-refractivity contribution < 1.29 is 25.8 Å². The molecule has 6 nitrogen and oxygen atoms in total. The van der Waals surface area contributed by atoms with Gasteiger partial charge in [-0.05, 0) is 165 Å². The fourth-order valence-corrected chi connectivity index (χ4v) is 13.8. The molecule has 0 amide bonds. The fourth-order valence-electron chi connectivity index (χ4n) is 13.8. The van der Waals surface area contributed by atoms with Gasteiger partial charge in [-0.25, -0.2) is 4.98 Å². The molecule has 5 heterocycles. The van der Waals surface area contributed by atoms with Gasteiger partial charge in [-0.2, -0.15) is 12.1 Å². The molecule has 91 heavy (non-hydrogen) atoms. The Morgan fingerprint density at radius 2 is 0.945 bits per heavy atom. The van der Waals surface area contributed by atoms with Crippen LogP contribution in [0.1, 0.15) is 79.0 Å². The Balaban J connectivity index is 0.00000689. The normalized spacial score (nSPS) is 12.6. The Morgan fingerprint density at radius 3 is 1.60 bits per heavy atom. The average molecular weight is 1360 g/mol. The van der Waals surface area contributed by atoms with Crippen molar-refractivity contribution in [1.29, 1.82) is 0 Å². The molecule has 0 unspecified atom stereocenters. The summed E-state index contributed by atoms with van der Waals surface area (Å²) in [5.41, 5.74) is 17.7. The van der Waals surface area contributed by atoms with Crippen molar-refractivity contribution in [1.82, 2.24) is 18.7 Å². The molecule has 1 aliphatic heterocycles. The van der Waals surface area contributed by atoms with Crippen molar-refractivity contribution in [2.45, 2.75) is 78.6 Å². The minimum Gasteiger partial charge on any atom is -0.509 e. The van der Waals surface area contributed by atoms with Gasteiger partial charge in [0, 0.05) is 66.4 Å². The van der Waals surface area contributed by atoms with Crippen LogP contribution >= 0.6 is 0 Å². The number of benzene rings is 11. The van der Waals surface area contributed by atoms with Gasteiger partial charge in [0.25, 0.3) is 0 Å². The van der Waals surface area contributed by atoms with Crippen LogP contribution in [0.4, 0.5) is 11.4 Å². The van der Waals surface area contributed by atoms with Crippen LogP contribution < -0.4 is 9.64 Å². The largest absolute Gasteiger partial charge is 0.509 e. The first-order chi connectivity index (χ1) is 43.5. The third-order valence-electron chi connectivity index (χ3n) is 18.5. The molecule has 0 fully saturated rings. The van der Waals surface area contributed by atoms with E-state index in [9.17, 15) is 0 Å². The molecule has 0 N–H and O–H groups in total. The SMILES string of the molecule is CC(C)(C)c1ccc(-c2cc(-c3cccc4c5ccccc5c5ccccc5c5cccc6c5n(c34)[CH-]N6c3[c-]c(Oc4[c-]c5c(cc4)c4cc(-n6c7ccccc7c7ccccc76)ccc4n5-c4cc(C(C)(C)C)ccn4)ccc3)cc(C(C)(C)C)c2)cc1.[Pt]. The van der Waals surface area contributed by atoms with Gasteiger partial charge in [-0.1, -0.05) is 225 Å². The van der Waals surface area contributed by atoms with Gasteiger partial charge in [0.05, 0.1) is 11.0 Å². The molecule has 7 heteroatoms. The first kappa shape index (κ1) is 57.6. The van der Waals surface area contributed by atoms with E-state index in [1.807, 2.05) is 18.3 Å². The Bertz CT molecular complexity index is 5450. The second-order valence-electron chi connectivity index (χ2n) is 27.3. The van der Waals surface area contributed by atoms with E-state index in [0.717, 1.165) is 77.6 Å². The molecule has 4 aromatic heterocycles. The average Bonchev–Trinajstić information content (AvgIpc) is 1.61. The van der Waals surface area contributed by atoms with E-state index in [4.69, 9.17) is 9.72 Å². The van der Waals surface area contributed by atoms with Gasteiger partial charge in [0.2, 0.25) is 0 Å². The number of rotatable bonds is 7. The van der Waals surface area contributed by atoms with Crippen LogP contribution in [-0.4, -0.2) is 18.7 Å². The first-order valence-electron chi connectivity index (χ1n) is 31.3. The maximum absolute atomic E-state index is 6.99. The number of hydrogen-bond acceptors (Lipinski definition) is 3. The van der Waals surface area contributed by atoms with Gasteiger partial charge < -0.3 is 23.3 Å². The Hall–Kier alpha value is -9.87. The van der Waals surface area contributed by atoms with E-state index in [2.05, 4.69) is 324 Å². The number of fused-ring (bicyclic) bond motifs is 13. The van der Waals surface area contributed by atoms with Crippen LogP contribution in [0.25, 0.3) is 121 Å². The van der Waals surface area contributed by atoms with Crippen molar-refractivity contribution in [2.24, 2.45) is 0 Å². The predicted octanol–water partition coefficient (Wildman–Crippen LogP) is 22.6. The molecule has 15 aromatic rings. The van der Waals surface area contributed by atoms with Crippen LogP contribution in [0.3, 0.4) is 0 Å². The zero-order valence-corrected chi connectivity index (χ0v) is 54.9. The van der Waals surface area contributed by atoms with E-state index in [1.165, 1.54) is 71.2 Å². The van der Waals surface area contributed by atoms with Crippen LogP contribution in [-0.2, 0) is 37.3 Å². The first-order valence-corrected chi connectivity index (χ1v) is 31.3. The van der Waals surface area contributed by atoms with E-state index in [1.54, 1.807) is 0 Å². The number of aromatic nitrogens is 4. The summed E-state index contributed by atoms with van der Waals surface area (Å²) in [7, 11) is 0. The van der Waals surface area contributed by atoms with E-state index in [-0.39, 0.29) is 37.3 Å². The molecule has 448 valence electrons. The van der Waals surface area contributed by atoms with E-state index in [0.29, 0.717) is 11.5 Å². The van der Waals surface area contributed by atoms with Crippen LogP contribution in [0, 0.1) is 18.8 Å². The summed E-state index contributed by atoms with van der Waals surface area (Å²) in [5, 5.41) is 11.6. The zero-order chi connectivity index (χ0) is 61.4. The Kier molecular flexibility index (Phi) is 13.7. The van der Waals surface area contributed by atoms with Gasteiger partial charge in [-0.15, -0.1) is 35.7 Å². The van der Waals surface area contributed by atoms with Gasteiger partial charge in [0.1, 0.15) is 5.82 Å². The van der Waals surface area contributed by atoms with E-state index < -0.39 is 0 Å². The zero-order valence-electron chi connectivity index (χ0n) is 52.6. The molecule has 16 rings (SSSR count). The van der Waals surface area contributed by atoms with Gasteiger partial charge in [-0.3, -0.25) is 0 Å². The van der Waals surface area contributed by atoms with Crippen molar-refractivity contribution >= 4 is 98.3 Å². The third kappa shape index (κ3) is 9.74. The number of nitrogens with zero attached hydrogens (tertiary/aromatic N) is 5. The number of hydrogen-bond donors (Lipinski definition) is 0. The Morgan fingerprint density at radius 1 is 0.385 bits per heavy atom. The molecule has 0 aliphatic carbocycles. The molecular weight excluding hydrogens is 1290 g/mol. The molecule has 0 spiro atoms. The third-order valence-corrected chi connectivity index (χ3v) is 18.5. The molecule has 0 radical (unpaired) electrons. The second kappa shape index (κ2) is 21.7. The summed E-state index contributed by atoms with van der Waals surface area (Å²) in [5.74, 6) is 1.97. The van der Waals surface area contributed by atoms with Crippen LogP contribution in [0.5, 0.6) is 11.5 Å². The standard InChI is InChI=1S/C84H68N5O.Pt/c1-82(2,3)56-37-35-53(36-38-56)54-45-55(47-58(46-54)84(7,8)9)63-29-19-30-71-66-25-12-10-23-64(66)65-24-11-13-26-67(65)72-31-20-34-77-81(72)87(80(63)71)52-86(77)59-21-18-22-61(49-59)90-62-40-41-70-73-50-60(88-74-32-16-14-27-68(74)69-28-15-17-33-75(69)88)39-42-76(73)89(78(70)51-62)79-48-57(43-44-85-79)83(4,5)6;/h10-48,50,52H,1-9H3;/q-3;. The maximum atomic E-state index is 6.99. The summed E-state index contributed by atoms with van der Waals surface area (Å²) in [6.45, 7) is 22.8. The summed E-state index contributed by atoms with van der Waals surface area (Å²) in [6, 6.07) is 94.2. The summed E-state index contributed by atoms with van der Waals surface area (Å²) >= 11 is 0. The van der Waals surface area contributed by atoms with Gasteiger partial charge in [0.15, 0.2) is 0 Å². The fraction of sp³-hybridized carbons (Fsp3) is 0.143. The van der Waals surface area contributed by atoms with Crippen molar-refractivity contribution in [3.63, 3.8) is 0 Å². The molecular formula is C84H68N5OPt-3. The molecule has 1 aliphatic rings. The maximum Gasteiger partial charge on any atom is 0.135 e. The molecule has 11 aromatic carbocycles. The van der Waals surface area contributed by atoms with Gasteiger partial charge >= 0.3 is 0 Å². The number of para-hydroxylation sites is 4. The summed E-state index contributed by atoms with van der Waals surface area (Å²) in [6.07, 6.45) is 1.93. The van der Waals surface area contributed by atoms with Crippen LogP contribution in [0.15, 0.2) is 243 Å². The predicted molar refractivity (Wildman–Crippen MR) is 378 cm³/mol. The minimum atomic E-state index is -0.124. The number of ether oxygens (including phenoxy) is 1. The molecule has 0 bridgehead atoms. The quantitative estimate of drug-likeness (QED) is 0.149. The van der Waals surface area contributed by atoms with Crippen molar-refractivity contribution in [2.75, 3.05) is 4.90 Å². The summed E-state index contributed by atoms with van der Waals surface area (Å²) < 4.78 is 14.1. The van der Waals surface area contributed by atoms with Crippen molar-refractivity contribution in [3.8, 4) is 45.3 Å². The Labute approximate surface area is 546 Å². The van der Waals surface area contributed by atoms with Crippen LogP contribution in [0.2, 0.25) is 0 Å². The second-order valence-corrected chi connectivity index (χ2v) is 27.3. The number of pyridine rings is 1. The monoisotopic (exact) mass is 1360 g/mol. The topological polar surface area (TPSA) is 40.1 Å².